The molecule has 0 spiro atoms. The first-order chi connectivity index (χ1) is 16.0. The lowest BCUT2D eigenvalue weighted by molar-refractivity contribution is -0.121. The summed E-state index contributed by atoms with van der Waals surface area (Å²) in [5.41, 5.74) is 5.63. The molecule has 0 saturated heterocycles. The van der Waals surface area contributed by atoms with E-state index in [1.165, 1.54) is 34.5 Å². The van der Waals surface area contributed by atoms with Crippen LogP contribution in [0.25, 0.3) is 21.3 Å². The molecule has 2 aromatic carbocycles. The fourth-order valence-electron chi connectivity index (χ4n) is 3.28. The Bertz CT molecular complexity index is 1390. The van der Waals surface area contributed by atoms with Crippen molar-refractivity contribution in [2.45, 2.75) is 20.4 Å². The first kappa shape index (κ1) is 22.2. The molecule has 0 radical (unpaired) electrons. The predicted molar refractivity (Wildman–Crippen MR) is 129 cm³/mol. The Labute approximate surface area is 193 Å². The van der Waals surface area contributed by atoms with Crippen LogP contribution in [0.1, 0.15) is 18.1 Å². The molecular weight excluding hydrogens is 440 g/mol. The molecule has 0 atom stereocenters. The molecule has 2 heterocycles. The fraction of sp³-hybridized carbons (Fsp3) is 0.167. The van der Waals surface area contributed by atoms with Gasteiger partial charge in [0, 0.05) is 10.9 Å². The smallest absolute Gasteiger partial charge is 0.263 e. The van der Waals surface area contributed by atoms with Crippen molar-refractivity contribution in [3.05, 3.63) is 75.7 Å². The number of phenolic OH excluding ortho intramolecular Hbond substituents is 1. The van der Waals surface area contributed by atoms with E-state index in [-0.39, 0.29) is 17.9 Å². The predicted octanol–water partition coefficient (Wildman–Crippen LogP) is 3.69. The second kappa shape index (κ2) is 9.66. The number of hydrazone groups is 1. The molecule has 4 aromatic rings. The van der Waals surface area contributed by atoms with E-state index in [0.717, 1.165) is 16.7 Å². The maximum atomic E-state index is 13.1. The number of hydrogen-bond acceptors (Lipinski definition) is 7. The molecule has 0 saturated carbocycles. The number of ether oxygens (including phenoxy) is 1. The zero-order valence-corrected chi connectivity index (χ0v) is 18.9. The highest BCUT2D eigenvalue weighted by molar-refractivity contribution is 7.17. The summed E-state index contributed by atoms with van der Waals surface area (Å²) < 4.78 is 6.60. The molecule has 0 aliphatic heterocycles. The quantitative estimate of drug-likeness (QED) is 0.322. The third-order valence-corrected chi connectivity index (χ3v) is 5.81. The first-order valence-electron chi connectivity index (χ1n) is 10.3. The van der Waals surface area contributed by atoms with E-state index in [9.17, 15) is 14.7 Å². The molecule has 4 rings (SSSR count). The highest BCUT2D eigenvalue weighted by atomic mass is 32.1. The molecule has 0 bridgehead atoms. The third-order valence-electron chi connectivity index (χ3n) is 4.92. The molecule has 0 aliphatic rings. The van der Waals surface area contributed by atoms with Crippen LogP contribution in [0.3, 0.4) is 0 Å². The van der Waals surface area contributed by atoms with Gasteiger partial charge in [0.2, 0.25) is 0 Å². The van der Waals surface area contributed by atoms with Crippen molar-refractivity contribution in [3.8, 4) is 22.6 Å². The van der Waals surface area contributed by atoms with Crippen LogP contribution in [0.5, 0.6) is 11.5 Å². The molecule has 2 N–H and O–H groups in total. The molecule has 9 heteroatoms. The van der Waals surface area contributed by atoms with Gasteiger partial charge >= 0.3 is 0 Å². The lowest BCUT2D eigenvalue weighted by Crippen LogP contribution is -2.30. The third kappa shape index (κ3) is 4.93. The highest BCUT2D eigenvalue weighted by Gasteiger charge is 2.14. The normalized spacial score (nSPS) is 11.2. The molecule has 8 nitrogen and oxygen atoms in total. The maximum Gasteiger partial charge on any atom is 0.263 e. The van der Waals surface area contributed by atoms with Crippen LogP contribution in [-0.4, -0.2) is 33.4 Å². The number of aryl methyl sites for hydroxylation is 1. The monoisotopic (exact) mass is 462 g/mol. The van der Waals surface area contributed by atoms with Crippen LogP contribution < -0.4 is 15.7 Å². The van der Waals surface area contributed by atoms with Crippen LogP contribution in [0, 0.1) is 6.92 Å². The van der Waals surface area contributed by atoms with Gasteiger partial charge in [-0.2, -0.15) is 5.10 Å². The zero-order valence-electron chi connectivity index (χ0n) is 18.1. The largest absolute Gasteiger partial charge is 0.504 e. The van der Waals surface area contributed by atoms with E-state index in [4.69, 9.17) is 4.74 Å². The molecule has 0 aliphatic carbocycles. The summed E-state index contributed by atoms with van der Waals surface area (Å²) in [4.78, 5) is 30.4. The van der Waals surface area contributed by atoms with Crippen LogP contribution in [0.4, 0.5) is 0 Å². The molecule has 168 valence electrons. The Morgan fingerprint density at radius 1 is 1.27 bits per heavy atom. The van der Waals surface area contributed by atoms with Crippen molar-refractivity contribution in [1.82, 2.24) is 15.0 Å². The summed E-state index contributed by atoms with van der Waals surface area (Å²) in [6, 6.07) is 12.7. The van der Waals surface area contributed by atoms with E-state index >= 15 is 0 Å². The fourth-order valence-corrected chi connectivity index (χ4v) is 4.18. The lowest BCUT2D eigenvalue weighted by atomic mass is 10.1. The van der Waals surface area contributed by atoms with Gasteiger partial charge in [0.25, 0.3) is 11.5 Å². The molecule has 2 aromatic heterocycles. The number of carbonyl (C=O) groups is 1. The average molecular weight is 463 g/mol. The molecule has 33 heavy (non-hydrogen) atoms. The van der Waals surface area contributed by atoms with Gasteiger partial charge < -0.3 is 9.84 Å². The van der Waals surface area contributed by atoms with Gasteiger partial charge in [-0.05, 0) is 43.2 Å². The summed E-state index contributed by atoms with van der Waals surface area (Å²) >= 11 is 1.40. The van der Waals surface area contributed by atoms with Gasteiger partial charge in [-0.1, -0.05) is 29.8 Å². The van der Waals surface area contributed by atoms with E-state index in [1.807, 2.05) is 43.5 Å². The minimum absolute atomic E-state index is 0.0266. The highest BCUT2D eigenvalue weighted by Crippen LogP contribution is 2.30. The number of hydrogen-bond donors (Lipinski definition) is 2. The number of nitrogens with zero attached hydrogens (tertiary/aromatic N) is 3. The molecule has 1 amide bonds. The standard InChI is InChI=1S/C24H22N4O4S/c1-3-32-20-10-16(6-9-19(20)29)11-26-27-21(30)12-28-14-25-23-22(24(28)31)18(13-33-23)17-7-4-15(2)5-8-17/h4-11,13-14,29H,3,12H2,1-2H3,(H,27,30). The van der Waals surface area contributed by atoms with Gasteiger partial charge in [-0.25, -0.2) is 10.4 Å². The van der Waals surface area contributed by atoms with Crippen molar-refractivity contribution < 1.29 is 14.6 Å². The molecule has 0 unspecified atom stereocenters. The lowest BCUT2D eigenvalue weighted by Gasteiger charge is -2.06. The van der Waals surface area contributed by atoms with Crippen LogP contribution in [0.15, 0.2) is 64.1 Å². The van der Waals surface area contributed by atoms with E-state index in [2.05, 4.69) is 15.5 Å². The Kier molecular flexibility index (Phi) is 6.50. The van der Waals surface area contributed by atoms with Crippen LogP contribution in [-0.2, 0) is 11.3 Å². The summed E-state index contributed by atoms with van der Waals surface area (Å²) in [6.45, 7) is 4.01. The number of fused-ring (bicyclic) bond motifs is 1. The van der Waals surface area contributed by atoms with Gasteiger partial charge in [0.15, 0.2) is 11.5 Å². The second-order valence-electron chi connectivity index (χ2n) is 7.33. The summed E-state index contributed by atoms with van der Waals surface area (Å²) in [5.74, 6) is -0.108. The van der Waals surface area contributed by atoms with Crippen molar-refractivity contribution in [3.63, 3.8) is 0 Å². The Hall–Kier alpha value is -3.98. The first-order valence-corrected chi connectivity index (χ1v) is 11.2. The van der Waals surface area contributed by atoms with Crippen molar-refractivity contribution in [2.24, 2.45) is 5.10 Å². The number of benzene rings is 2. The zero-order chi connectivity index (χ0) is 23.4. The van der Waals surface area contributed by atoms with Gasteiger partial charge in [-0.3, -0.25) is 14.2 Å². The number of carbonyl (C=O) groups excluding carboxylic acids is 1. The SMILES string of the molecule is CCOc1cc(C=NNC(=O)Cn2cnc3scc(-c4ccc(C)cc4)c3c2=O)ccc1O. The Morgan fingerprint density at radius 2 is 2.06 bits per heavy atom. The van der Waals surface area contributed by atoms with E-state index < -0.39 is 5.91 Å². The van der Waals surface area contributed by atoms with Gasteiger partial charge in [0.05, 0.1) is 24.5 Å². The number of aromatic nitrogens is 2. The van der Waals surface area contributed by atoms with Crippen molar-refractivity contribution in [1.29, 1.82) is 0 Å². The number of nitrogens with one attached hydrogen (secondary N) is 1. The summed E-state index contributed by atoms with van der Waals surface area (Å²) in [6.07, 6.45) is 2.80. The minimum Gasteiger partial charge on any atom is -0.504 e. The van der Waals surface area contributed by atoms with E-state index in [0.29, 0.717) is 28.1 Å². The van der Waals surface area contributed by atoms with E-state index in [1.54, 1.807) is 12.1 Å². The summed E-state index contributed by atoms with van der Waals surface area (Å²) in [7, 11) is 0. The molecule has 0 fully saturated rings. The number of amides is 1. The Balaban J connectivity index is 1.50. The van der Waals surface area contributed by atoms with Gasteiger partial charge in [-0.15, -0.1) is 11.3 Å². The number of rotatable bonds is 7. The Morgan fingerprint density at radius 3 is 2.82 bits per heavy atom. The van der Waals surface area contributed by atoms with Gasteiger partial charge in [0.1, 0.15) is 11.4 Å². The minimum atomic E-state index is -0.467. The number of phenols is 1. The van der Waals surface area contributed by atoms with Crippen molar-refractivity contribution in [2.75, 3.05) is 6.61 Å². The molecular formula is C24H22N4O4S. The number of thiophene rings is 1. The topological polar surface area (TPSA) is 106 Å². The van der Waals surface area contributed by atoms with Crippen molar-refractivity contribution >= 4 is 33.7 Å². The van der Waals surface area contributed by atoms with Crippen LogP contribution >= 0.6 is 11.3 Å². The number of aromatic hydroxyl groups is 1. The maximum absolute atomic E-state index is 13.1. The second-order valence-corrected chi connectivity index (χ2v) is 8.18. The van der Waals surface area contributed by atoms with Crippen LogP contribution in [0.2, 0.25) is 0 Å². The average Bonchev–Trinajstić information content (AvgIpc) is 3.23. The summed E-state index contributed by atoms with van der Waals surface area (Å²) in [5, 5.41) is 16.1.